The van der Waals surface area contributed by atoms with Crippen molar-refractivity contribution in [2.45, 2.75) is 32.9 Å². The number of H-pyrrole nitrogens is 1. The molecule has 0 aromatic carbocycles. The van der Waals surface area contributed by atoms with E-state index in [1.807, 2.05) is 31.3 Å². The fourth-order valence-electron chi connectivity index (χ4n) is 3.22. The first-order chi connectivity index (χ1) is 14.0. The van der Waals surface area contributed by atoms with Crippen LogP contribution < -0.4 is 16.6 Å². The van der Waals surface area contributed by atoms with Gasteiger partial charge in [-0.25, -0.2) is 9.78 Å². The van der Waals surface area contributed by atoms with Crippen LogP contribution in [0.1, 0.15) is 42.5 Å². The molecule has 29 heavy (non-hydrogen) atoms. The van der Waals surface area contributed by atoms with Gasteiger partial charge in [0, 0.05) is 18.9 Å². The van der Waals surface area contributed by atoms with E-state index in [1.54, 1.807) is 11.3 Å². The second kappa shape index (κ2) is 7.30. The van der Waals surface area contributed by atoms with Gasteiger partial charge < -0.3 is 5.32 Å². The fraction of sp³-hybridized carbons (Fsp3) is 0.263. The Hall–Kier alpha value is -3.82. The number of nitrogens with one attached hydrogen (secondary N) is 2. The monoisotopic (exact) mass is 393 g/mol. The summed E-state index contributed by atoms with van der Waals surface area (Å²) in [6.45, 7) is 4.13. The second-order valence-electron chi connectivity index (χ2n) is 6.69. The third kappa shape index (κ3) is 3.28. The van der Waals surface area contributed by atoms with Gasteiger partial charge in [-0.2, -0.15) is 0 Å². The third-order valence-electron chi connectivity index (χ3n) is 4.62. The molecule has 0 spiro atoms. The predicted octanol–water partition coefficient (Wildman–Crippen LogP) is 1.03. The summed E-state index contributed by atoms with van der Waals surface area (Å²) in [5, 5.41) is 11.2. The van der Waals surface area contributed by atoms with Gasteiger partial charge in [0.05, 0.1) is 17.0 Å². The maximum Gasteiger partial charge on any atom is 0.329 e. The Bertz CT molecular complexity index is 1340. The molecule has 0 saturated carbocycles. The van der Waals surface area contributed by atoms with Crippen molar-refractivity contribution in [1.29, 1.82) is 0 Å². The number of aromatic nitrogens is 6. The second-order valence-corrected chi connectivity index (χ2v) is 6.69. The van der Waals surface area contributed by atoms with Crippen LogP contribution >= 0.6 is 0 Å². The van der Waals surface area contributed by atoms with E-state index in [0.717, 1.165) is 0 Å². The lowest BCUT2D eigenvalue weighted by molar-refractivity contribution is 0.0938. The summed E-state index contributed by atoms with van der Waals surface area (Å²) in [4.78, 5) is 43.5. The van der Waals surface area contributed by atoms with Gasteiger partial charge in [0.1, 0.15) is 5.65 Å². The predicted molar refractivity (Wildman–Crippen MR) is 106 cm³/mol. The minimum Gasteiger partial charge on any atom is -0.342 e. The van der Waals surface area contributed by atoms with Gasteiger partial charge in [-0.1, -0.05) is 13.0 Å². The van der Waals surface area contributed by atoms with Crippen molar-refractivity contribution in [2.24, 2.45) is 0 Å². The molecule has 148 valence electrons. The molecule has 2 N–H and O–H groups in total. The lowest BCUT2D eigenvalue weighted by Crippen LogP contribution is -2.32. The molecule has 0 fully saturated rings. The first-order valence-electron chi connectivity index (χ1n) is 9.23. The largest absolute Gasteiger partial charge is 0.342 e. The van der Waals surface area contributed by atoms with Crippen LogP contribution in [-0.2, 0) is 6.54 Å². The summed E-state index contributed by atoms with van der Waals surface area (Å²) in [6, 6.07) is 6.54. The number of aromatic amines is 1. The van der Waals surface area contributed by atoms with Crippen molar-refractivity contribution < 1.29 is 4.79 Å². The molecule has 1 unspecified atom stereocenters. The van der Waals surface area contributed by atoms with Crippen LogP contribution in [0.5, 0.6) is 0 Å². The molecule has 4 rings (SSSR count). The molecule has 0 saturated heterocycles. The van der Waals surface area contributed by atoms with E-state index in [4.69, 9.17) is 0 Å². The van der Waals surface area contributed by atoms with Crippen LogP contribution in [0, 0.1) is 0 Å². The van der Waals surface area contributed by atoms with Crippen LogP contribution in [0.15, 0.2) is 46.2 Å². The number of aryl methyl sites for hydroxylation is 1. The summed E-state index contributed by atoms with van der Waals surface area (Å²) in [7, 11) is 0. The van der Waals surface area contributed by atoms with E-state index in [2.05, 4.69) is 25.5 Å². The summed E-state index contributed by atoms with van der Waals surface area (Å²) in [6.07, 6.45) is 3.88. The maximum absolute atomic E-state index is 12.7. The van der Waals surface area contributed by atoms with Crippen LogP contribution in [0.4, 0.5) is 0 Å². The highest BCUT2D eigenvalue weighted by Crippen LogP contribution is 2.14. The van der Waals surface area contributed by atoms with Crippen LogP contribution in [0.25, 0.3) is 16.7 Å². The minimum absolute atomic E-state index is 0.186. The van der Waals surface area contributed by atoms with E-state index in [-0.39, 0.29) is 16.6 Å². The van der Waals surface area contributed by atoms with Crippen molar-refractivity contribution in [2.75, 3.05) is 0 Å². The molecular weight excluding hydrogens is 374 g/mol. The molecule has 4 aromatic rings. The Labute approximate surface area is 164 Å². The summed E-state index contributed by atoms with van der Waals surface area (Å²) >= 11 is 0. The quantitative estimate of drug-likeness (QED) is 0.521. The number of hydrogen-bond acceptors (Lipinski definition) is 6. The Kier molecular flexibility index (Phi) is 4.67. The zero-order chi connectivity index (χ0) is 20.5. The Balaban J connectivity index is 1.66. The first-order valence-corrected chi connectivity index (χ1v) is 9.23. The highest BCUT2D eigenvalue weighted by atomic mass is 16.2. The van der Waals surface area contributed by atoms with Gasteiger partial charge in [0.2, 0.25) is 0 Å². The van der Waals surface area contributed by atoms with Gasteiger partial charge in [0.15, 0.2) is 11.5 Å². The topological polar surface area (TPSA) is 127 Å². The van der Waals surface area contributed by atoms with E-state index in [9.17, 15) is 14.4 Å². The van der Waals surface area contributed by atoms with Crippen LogP contribution in [-0.4, -0.2) is 35.0 Å². The summed E-state index contributed by atoms with van der Waals surface area (Å²) in [5.41, 5.74) is 0.0628. The number of carbonyl (C=O) groups is 1. The van der Waals surface area contributed by atoms with Crippen molar-refractivity contribution in [3.63, 3.8) is 0 Å². The van der Waals surface area contributed by atoms with E-state index >= 15 is 0 Å². The lowest BCUT2D eigenvalue weighted by atomic mass is 10.2. The Morgan fingerprint density at radius 1 is 1.28 bits per heavy atom. The first kappa shape index (κ1) is 18.5. The molecule has 10 nitrogen and oxygen atoms in total. The van der Waals surface area contributed by atoms with E-state index in [0.29, 0.717) is 24.4 Å². The number of nitrogens with zero attached hydrogens (tertiary/aromatic N) is 5. The highest BCUT2D eigenvalue weighted by Gasteiger charge is 2.18. The highest BCUT2D eigenvalue weighted by molar-refractivity contribution is 5.96. The molecule has 10 heteroatoms. The minimum atomic E-state index is -0.573. The fourth-order valence-corrected chi connectivity index (χ4v) is 3.22. The van der Waals surface area contributed by atoms with Crippen LogP contribution in [0.2, 0.25) is 0 Å². The third-order valence-corrected chi connectivity index (χ3v) is 4.62. The Morgan fingerprint density at radius 2 is 2.10 bits per heavy atom. The molecule has 0 aliphatic carbocycles. The van der Waals surface area contributed by atoms with Gasteiger partial charge in [-0.15, -0.1) is 10.2 Å². The van der Waals surface area contributed by atoms with Gasteiger partial charge in [-0.3, -0.25) is 23.5 Å². The normalized spacial score (nSPS) is 12.3. The zero-order valence-corrected chi connectivity index (χ0v) is 15.9. The number of pyridine rings is 2. The number of amides is 1. The number of rotatable bonds is 5. The SMILES string of the molecule is CCCn1c(=O)[nH]c(=O)c2cc(C(=O)NC(C)c3nnc4ccccn34)cnc21. The smallest absolute Gasteiger partial charge is 0.329 e. The molecular formula is C19H19N7O3. The van der Waals surface area contributed by atoms with Crippen molar-refractivity contribution in [3.05, 3.63) is 68.9 Å². The molecule has 4 heterocycles. The van der Waals surface area contributed by atoms with E-state index < -0.39 is 23.2 Å². The number of carbonyl (C=O) groups excluding carboxylic acids is 1. The molecule has 0 radical (unpaired) electrons. The van der Waals surface area contributed by atoms with Gasteiger partial charge in [0.25, 0.3) is 11.5 Å². The zero-order valence-electron chi connectivity index (χ0n) is 15.9. The maximum atomic E-state index is 12.7. The molecule has 4 aromatic heterocycles. The number of fused-ring (bicyclic) bond motifs is 2. The van der Waals surface area contributed by atoms with E-state index in [1.165, 1.54) is 16.8 Å². The van der Waals surface area contributed by atoms with Gasteiger partial charge >= 0.3 is 5.69 Å². The molecule has 1 amide bonds. The lowest BCUT2D eigenvalue weighted by Gasteiger charge is -2.13. The van der Waals surface area contributed by atoms with Crippen molar-refractivity contribution in [3.8, 4) is 0 Å². The van der Waals surface area contributed by atoms with Crippen molar-refractivity contribution in [1.82, 2.24) is 34.4 Å². The summed E-state index contributed by atoms with van der Waals surface area (Å²) in [5.74, 6) is 0.171. The molecule has 0 bridgehead atoms. The van der Waals surface area contributed by atoms with Crippen LogP contribution in [0.3, 0.4) is 0 Å². The van der Waals surface area contributed by atoms with Gasteiger partial charge in [-0.05, 0) is 31.5 Å². The Morgan fingerprint density at radius 3 is 2.90 bits per heavy atom. The average molecular weight is 393 g/mol. The molecule has 0 aliphatic rings. The number of hydrogen-bond donors (Lipinski definition) is 2. The molecule has 1 atom stereocenters. The standard InChI is InChI=1S/C19H19N7O3/c1-3-7-26-16-13(18(28)22-19(26)29)9-12(10-20-16)17(27)21-11(2)15-24-23-14-6-4-5-8-25(14)15/h4-6,8-11H,3,7H2,1-2H3,(H,21,27)(H,22,28,29). The summed E-state index contributed by atoms with van der Waals surface area (Å²) < 4.78 is 3.18. The average Bonchev–Trinajstić information content (AvgIpc) is 3.15. The van der Waals surface area contributed by atoms with Crippen molar-refractivity contribution >= 4 is 22.6 Å². The molecule has 0 aliphatic heterocycles.